The lowest BCUT2D eigenvalue weighted by molar-refractivity contribution is -0.142. The van der Waals surface area contributed by atoms with Gasteiger partial charge in [-0.15, -0.1) is 0 Å². The van der Waals surface area contributed by atoms with Gasteiger partial charge in [0.2, 0.25) is 11.8 Å². The van der Waals surface area contributed by atoms with Crippen LogP contribution in [0.1, 0.15) is 64.3 Å². The molecule has 2 atom stereocenters. The van der Waals surface area contributed by atoms with Gasteiger partial charge in [0.25, 0.3) is 0 Å². The van der Waals surface area contributed by atoms with E-state index in [1.807, 2.05) is 76.2 Å². The molecule has 37 heavy (non-hydrogen) atoms. The number of carbonyl (C=O) groups excluding carboxylic acids is 3. The van der Waals surface area contributed by atoms with Gasteiger partial charge in [-0.3, -0.25) is 9.59 Å². The van der Waals surface area contributed by atoms with E-state index in [0.717, 1.165) is 11.1 Å². The average Bonchev–Trinajstić information content (AvgIpc) is 2.77. The zero-order valence-electron chi connectivity index (χ0n) is 22.8. The number of benzene rings is 2. The summed E-state index contributed by atoms with van der Waals surface area (Å²) in [6, 6.07) is 16.4. The Morgan fingerprint density at radius 2 is 1.57 bits per heavy atom. The number of ether oxygens (including phenoxy) is 1. The molecule has 0 saturated carbocycles. The van der Waals surface area contributed by atoms with Crippen LogP contribution in [-0.4, -0.2) is 46.5 Å². The van der Waals surface area contributed by atoms with Gasteiger partial charge in [-0.25, -0.2) is 4.79 Å². The molecule has 2 aromatic carbocycles. The maximum Gasteiger partial charge on any atom is 0.408 e. The number of hydrogen-bond acceptors (Lipinski definition) is 5. The zero-order chi connectivity index (χ0) is 27.8. The number of nitrogens with zero attached hydrogens (tertiary/aromatic N) is 2. The predicted octanol–water partition coefficient (Wildman–Crippen LogP) is 4.44. The standard InChI is InChI=1S/C29H38N4O4/c1-20-13-11-12-16-22(20)24(25(34)32-28(2,3)4)33(18-17-30)26(35)23(19-21-14-9-8-10-15-21)31-27(36)37-29(5,6)7/h8-16,23-24H,18-19H2,1-7H3,(H,31,36)(H,32,34). The molecular weight excluding hydrogens is 468 g/mol. The summed E-state index contributed by atoms with van der Waals surface area (Å²) in [5.74, 6) is -0.977. The minimum atomic E-state index is -1.08. The summed E-state index contributed by atoms with van der Waals surface area (Å²) >= 11 is 0. The molecule has 2 rings (SSSR count). The number of nitrogens with one attached hydrogen (secondary N) is 2. The van der Waals surface area contributed by atoms with Crippen molar-refractivity contribution in [3.05, 3.63) is 71.3 Å². The van der Waals surface area contributed by atoms with Crippen LogP contribution in [0, 0.1) is 18.3 Å². The van der Waals surface area contributed by atoms with Gasteiger partial charge in [-0.1, -0.05) is 54.6 Å². The van der Waals surface area contributed by atoms with Crippen molar-refractivity contribution in [2.45, 2.75) is 78.1 Å². The Kier molecular flexibility index (Phi) is 9.84. The Balaban J connectivity index is 2.55. The molecule has 0 aliphatic carbocycles. The fourth-order valence-corrected chi connectivity index (χ4v) is 3.85. The van der Waals surface area contributed by atoms with Gasteiger partial charge < -0.3 is 20.3 Å². The zero-order valence-corrected chi connectivity index (χ0v) is 22.8. The predicted molar refractivity (Wildman–Crippen MR) is 142 cm³/mol. The van der Waals surface area contributed by atoms with Crippen LogP contribution in [0.4, 0.5) is 4.79 Å². The summed E-state index contributed by atoms with van der Waals surface area (Å²) in [5, 5.41) is 15.3. The van der Waals surface area contributed by atoms with Crippen molar-refractivity contribution < 1.29 is 19.1 Å². The first-order valence-corrected chi connectivity index (χ1v) is 12.3. The summed E-state index contributed by atoms with van der Waals surface area (Å²) in [5.41, 5.74) is 0.862. The molecule has 0 aliphatic rings. The highest BCUT2D eigenvalue weighted by Crippen LogP contribution is 2.26. The first-order valence-electron chi connectivity index (χ1n) is 12.3. The van der Waals surface area contributed by atoms with Gasteiger partial charge in [0.1, 0.15) is 24.2 Å². The Morgan fingerprint density at radius 3 is 2.11 bits per heavy atom. The highest BCUT2D eigenvalue weighted by atomic mass is 16.6. The van der Waals surface area contributed by atoms with Crippen LogP contribution < -0.4 is 10.6 Å². The van der Waals surface area contributed by atoms with Crippen LogP contribution in [0.2, 0.25) is 0 Å². The van der Waals surface area contributed by atoms with Crippen molar-refractivity contribution in [3.63, 3.8) is 0 Å². The summed E-state index contributed by atoms with van der Waals surface area (Å²) < 4.78 is 5.41. The number of alkyl carbamates (subject to hydrolysis) is 1. The highest BCUT2D eigenvalue weighted by molar-refractivity contribution is 5.93. The third kappa shape index (κ3) is 9.26. The minimum Gasteiger partial charge on any atom is -0.444 e. The summed E-state index contributed by atoms with van der Waals surface area (Å²) in [7, 11) is 0. The number of carbonyl (C=O) groups is 3. The molecule has 0 radical (unpaired) electrons. The molecule has 2 N–H and O–H groups in total. The van der Waals surface area contributed by atoms with E-state index >= 15 is 0 Å². The Morgan fingerprint density at radius 1 is 0.973 bits per heavy atom. The molecule has 2 unspecified atom stereocenters. The van der Waals surface area contributed by atoms with Gasteiger partial charge in [-0.2, -0.15) is 5.26 Å². The largest absolute Gasteiger partial charge is 0.444 e. The van der Waals surface area contributed by atoms with Crippen molar-refractivity contribution in [2.75, 3.05) is 6.54 Å². The maximum atomic E-state index is 14.1. The number of amides is 3. The molecule has 8 heteroatoms. The van der Waals surface area contributed by atoms with Crippen molar-refractivity contribution in [2.24, 2.45) is 0 Å². The van der Waals surface area contributed by atoms with Gasteiger partial charge in [-0.05, 0) is 65.2 Å². The van der Waals surface area contributed by atoms with E-state index in [1.165, 1.54) is 4.90 Å². The first kappa shape index (κ1) is 29.4. The average molecular weight is 507 g/mol. The van der Waals surface area contributed by atoms with E-state index in [0.29, 0.717) is 5.56 Å². The van der Waals surface area contributed by atoms with Crippen LogP contribution in [0.25, 0.3) is 0 Å². The summed E-state index contributed by atoms with van der Waals surface area (Å²) in [6.07, 6.45) is -0.604. The molecule has 8 nitrogen and oxygen atoms in total. The number of hydrogen-bond donors (Lipinski definition) is 2. The molecule has 0 heterocycles. The molecule has 0 aromatic heterocycles. The summed E-state index contributed by atoms with van der Waals surface area (Å²) in [4.78, 5) is 41.6. The van der Waals surface area contributed by atoms with Crippen molar-refractivity contribution in [3.8, 4) is 6.07 Å². The van der Waals surface area contributed by atoms with E-state index in [4.69, 9.17) is 4.74 Å². The van der Waals surface area contributed by atoms with Gasteiger partial charge in [0.15, 0.2) is 0 Å². The van der Waals surface area contributed by atoms with Crippen LogP contribution in [0.15, 0.2) is 54.6 Å². The van der Waals surface area contributed by atoms with Crippen molar-refractivity contribution in [1.82, 2.24) is 15.5 Å². The van der Waals surface area contributed by atoms with Crippen LogP contribution in [0.3, 0.4) is 0 Å². The minimum absolute atomic E-state index is 0.155. The van der Waals surface area contributed by atoms with Crippen LogP contribution in [0.5, 0.6) is 0 Å². The third-order valence-corrected chi connectivity index (χ3v) is 5.34. The molecule has 0 fully saturated rings. The molecule has 0 bridgehead atoms. The van der Waals surface area contributed by atoms with Gasteiger partial charge in [0.05, 0.1) is 6.07 Å². The third-order valence-electron chi connectivity index (χ3n) is 5.34. The summed E-state index contributed by atoms with van der Waals surface area (Å²) in [6.45, 7) is 12.2. The quantitative estimate of drug-likeness (QED) is 0.514. The second-order valence-corrected chi connectivity index (χ2v) is 11.0. The molecule has 198 valence electrons. The van der Waals surface area contributed by atoms with E-state index < -0.39 is 41.1 Å². The molecule has 0 spiro atoms. The molecular formula is C29H38N4O4. The van der Waals surface area contributed by atoms with Crippen molar-refractivity contribution >= 4 is 17.9 Å². The topological polar surface area (TPSA) is 112 Å². The maximum absolute atomic E-state index is 14.1. The molecule has 3 amide bonds. The van der Waals surface area contributed by atoms with E-state index in [9.17, 15) is 19.6 Å². The first-order chi connectivity index (χ1) is 17.2. The second-order valence-electron chi connectivity index (χ2n) is 11.0. The Bertz CT molecular complexity index is 1130. The second kappa shape index (κ2) is 12.4. The van der Waals surface area contributed by atoms with Crippen LogP contribution in [-0.2, 0) is 20.7 Å². The van der Waals surface area contributed by atoms with Gasteiger partial charge >= 0.3 is 6.09 Å². The lowest BCUT2D eigenvalue weighted by atomic mass is 9.96. The molecule has 0 saturated heterocycles. The van der Waals surface area contributed by atoms with Gasteiger partial charge in [0, 0.05) is 12.0 Å². The fraction of sp³-hybridized carbons (Fsp3) is 0.448. The number of nitriles is 1. The van der Waals surface area contributed by atoms with Crippen LogP contribution >= 0.6 is 0 Å². The SMILES string of the molecule is Cc1ccccc1C(C(=O)NC(C)(C)C)N(CC#N)C(=O)C(Cc1ccccc1)NC(=O)OC(C)(C)C. The number of aryl methyl sites for hydroxylation is 1. The van der Waals surface area contributed by atoms with E-state index in [1.54, 1.807) is 32.9 Å². The van der Waals surface area contributed by atoms with Crippen molar-refractivity contribution in [1.29, 1.82) is 5.26 Å². The highest BCUT2D eigenvalue weighted by Gasteiger charge is 2.38. The molecule has 0 aliphatic heterocycles. The van der Waals surface area contributed by atoms with E-state index in [-0.39, 0.29) is 13.0 Å². The molecule has 2 aromatic rings. The number of rotatable bonds is 8. The Labute approximate surface area is 220 Å². The lowest BCUT2D eigenvalue weighted by Gasteiger charge is -2.35. The Hall–Kier alpha value is -3.86. The normalized spacial score (nSPS) is 13.0. The van der Waals surface area contributed by atoms with E-state index in [2.05, 4.69) is 10.6 Å². The fourth-order valence-electron chi connectivity index (χ4n) is 3.85. The monoisotopic (exact) mass is 506 g/mol. The smallest absolute Gasteiger partial charge is 0.408 e. The lowest BCUT2D eigenvalue weighted by Crippen LogP contribution is -2.55.